The molecule has 0 unspecified atom stereocenters. The molecule has 124 valence electrons. The molecule has 3 atom stereocenters. The monoisotopic (exact) mass is 316 g/mol. The van der Waals surface area contributed by atoms with Crippen molar-refractivity contribution >= 4 is 5.91 Å². The molecule has 1 aliphatic heterocycles. The minimum absolute atomic E-state index is 0.0298. The molecule has 0 aliphatic carbocycles. The molecular formula is C16H24N6O. The van der Waals surface area contributed by atoms with Crippen molar-refractivity contribution in [2.75, 3.05) is 7.05 Å². The first-order valence-corrected chi connectivity index (χ1v) is 8.03. The molecule has 3 rings (SSSR count). The Labute approximate surface area is 136 Å². The lowest BCUT2D eigenvalue weighted by Gasteiger charge is -2.28. The Bertz CT molecular complexity index is 649. The topological polar surface area (TPSA) is 68.0 Å². The van der Waals surface area contributed by atoms with Crippen LogP contribution in [0.15, 0.2) is 30.7 Å². The zero-order chi connectivity index (χ0) is 16.4. The predicted octanol–water partition coefficient (Wildman–Crippen LogP) is 0.957. The second-order valence-electron chi connectivity index (χ2n) is 6.27. The largest absolute Gasteiger partial charge is 0.336 e. The quantitative estimate of drug-likeness (QED) is 0.862. The van der Waals surface area contributed by atoms with E-state index in [-0.39, 0.29) is 18.0 Å². The number of hydrogen-bond donors (Lipinski definition) is 1. The Morgan fingerprint density at radius 3 is 2.83 bits per heavy atom. The van der Waals surface area contributed by atoms with E-state index in [1.165, 1.54) is 0 Å². The van der Waals surface area contributed by atoms with E-state index >= 15 is 0 Å². The Kier molecular flexibility index (Phi) is 4.47. The number of nitrogens with zero attached hydrogens (tertiary/aromatic N) is 5. The average molecular weight is 316 g/mol. The van der Waals surface area contributed by atoms with Gasteiger partial charge in [0.25, 0.3) is 0 Å². The Morgan fingerprint density at radius 2 is 2.17 bits per heavy atom. The predicted molar refractivity (Wildman–Crippen MR) is 86.6 cm³/mol. The Morgan fingerprint density at radius 1 is 1.35 bits per heavy atom. The zero-order valence-corrected chi connectivity index (χ0v) is 13.9. The molecule has 1 N–H and O–H groups in total. The van der Waals surface area contributed by atoms with Gasteiger partial charge >= 0.3 is 0 Å². The summed E-state index contributed by atoms with van der Waals surface area (Å²) in [6.45, 7) is 3.03. The molecule has 1 amide bonds. The standard InChI is InChI=1S/C16H24N6O/c1-12(6-10-22-9-4-7-18-22)19-13-11-15(23)20(2)16(13)14-5-8-17-21(14)3/h4-5,7-9,12-13,16,19H,6,10-11H2,1-3H3/t12-,13+,16+/m0/s1. The molecule has 0 saturated carbocycles. The van der Waals surface area contributed by atoms with Crippen LogP contribution < -0.4 is 5.32 Å². The summed E-state index contributed by atoms with van der Waals surface area (Å²) in [7, 11) is 3.79. The van der Waals surface area contributed by atoms with Gasteiger partial charge in [0.15, 0.2) is 0 Å². The van der Waals surface area contributed by atoms with Crippen LogP contribution >= 0.6 is 0 Å². The second-order valence-corrected chi connectivity index (χ2v) is 6.27. The van der Waals surface area contributed by atoms with Crippen molar-refractivity contribution in [3.8, 4) is 0 Å². The molecule has 0 aromatic carbocycles. The zero-order valence-electron chi connectivity index (χ0n) is 13.9. The minimum Gasteiger partial charge on any atom is -0.336 e. The molecule has 1 saturated heterocycles. The van der Waals surface area contributed by atoms with Gasteiger partial charge in [-0.15, -0.1) is 0 Å². The number of likely N-dealkylation sites (tertiary alicyclic amines) is 1. The lowest BCUT2D eigenvalue weighted by atomic mass is 10.0. The first kappa shape index (κ1) is 15.7. The maximum absolute atomic E-state index is 12.2. The van der Waals surface area contributed by atoms with Gasteiger partial charge in [-0.05, 0) is 25.5 Å². The van der Waals surface area contributed by atoms with Crippen LogP contribution in [0, 0.1) is 0 Å². The molecule has 23 heavy (non-hydrogen) atoms. The fourth-order valence-corrected chi connectivity index (χ4v) is 3.31. The van der Waals surface area contributed by atoms with Gasteiger partial charge < -0.3 is 10.2 Å². The normalized spacial score (nSPS) is 22.7. The van der Waals surface area contributed by atoms with Gasteiger partial charge in [-0.25, -0.2) is 0 Å². The van der Waals surface area contributed by atoms with Gasteiger partial charge in [0, 0.05) is 57.7 Å². The third kappa shape index (κ3) is 3.29. The summed E-state index contributed by atoms with van der Waals surface area (Å²) in [4.78, 5) is 14.0. The maximum atomic E-state index is 12.2. The van der Waals surface area contributed by atoms with Crippen LogP contribution in [-0.4, -0.2) is 49.5 Å². The van der Waals surface area contributed by atoms with Crippen molar-refractivity contribution in [2.24, 2.45) is 7.05 Å². The molecule has 3 heterocycles. The number of nitrogens with one attached hydrogen (secondary N) is 1. The number of carbonyl (C=O) groups excluding carboxylic acids is 1. The number of hydrogen-bond acceptors (Lipinski definition) is 4. The van der Waals surface area contributed by atoms with E-state index < -0.39 is 0 Å². The minimum atomic E-state index is 0.0298. The van der Waals surface area contributed by atoms with Gasteiger partial charge in [0.05, 0.1) is 11.7 Å². The molecule has 1 aliphatic rings. The van der Waals surface area contributed by atoms with Gasteiger partial charge in [-0.1, -0.05) is 0 Å². The third-order valence-corrected chi connectivity index (χ3v) is 4.60. The fourth-order valence-electron chi connectivity index (χ4n) is 3.31. The van der Waals surface area contributed by atoms with Gasteiger partial charge in [-0.2, -0.15) is 10.2 Å². The number of likely N-dealkylation sites (N-methyl/N-ethyl adjacent to an activating group) is 1. The number of rotatable bonds is 6. The second kappa shape index (κ2) is 6.54. The highest BCUT2D eigenvalue weighted by atomic mass is 16.2. The van der Waals surface area contributed by atoms with Crippen molar-refractivity contribution < 1.29 is 4.79 Å². The average Bonchev–Trinajstić information content (AvgIpc) is 3.21. The van der Waals surface area contributed by atoms with E-state index in [1.54, 1.807) is 12.4 Å². The van der Waals surface area contributed by atoms with Crippen molar-refractivity contribution in [3.05, 3.63) is 36.4 Å². The molecule has 1 fully saturated rings. The van der Waals surface area contributed by atoms with Crippen molar-refractivity contribution in [3.63, 3.8) is 0 Å². The van der Waals surface area contributed by atoms with Gasteiger partial charge in [-0.3, -0.25) is 14.2 Å². The lowest BCUT2D eigenvalue weighted by molar-refractivity contribution is -0.127. The summed E-state index contributed by atoms with van der Waals surface area (Å²) in [5.41, 5.74) is 1.06. The van der Waals surface area contributed by atoms with Crippen molar-refractivity contribution in [1.29, 1.82) is 0 Å². The number of aromatic nitrogens is 4. The molecule has 0 spiro atoms. The highest BCUT2D eigenvalue weighted by molar-refractivity contribution is 5.80. The fraction of sp³-hybridized carbons (Fsp3) is 0.562. The van der Waals surface area contributed by atoms with E-state index in [1.807, 2.05) is 46.7 Å². The van der Waals surface area contributed by atoms with Crippen LogP contribution in [0.4, 0.5) is 0 Å². The van der Waals surface area contributed by atoms with Crippen LogP contribution in [-0.2, 0) is 18.4 Å². The molecule has 2 aromatic heterocycles. The van der Waals surface area contributed by atoms with Crippen LogP contribution in [0.25, 0.3) is 0 Å². The summed E-state index contributed by atoms with van der Waals surface area (Å²) in [6.07, 6.45) is 7.04. The van der Waals surface area contributed by atoms with Crippen molar-refractivity contribution in [1.82, 2.24) is 29.8 Å². The summed E-state index contributed by atoms with van der Waals surface area (Å²) in [6, 6.07) is 4.36. The van der Waals surface area contributed by atoms with E-state index in [0.717, 1.165) is 18.7 Å². The number of amides is 1. The summed E-state index contributed by atoms with van der Waals surface area (Å²) < 4.78 is 3.78. The lowest BCUT2D eigenvalue weighted by Crippen LogP contribution is -2.41. The molecule has 7 heteroatoms. The maximum Gasteiger partial charge on any atom is 0.224 e. The first-order chi connectivity index (χ1) is 11.1. The summed E-state index contributed by atoms with van der Waals surface area (Å²) in [5, 5.41) is 12.1. The van der Waals surface area contributed by atoms with Crippen LogP contribution in [0.5, 0.6) is 0 Å². The molecule has 0 radical (unpaired) electrons. The Hall–Kier alpha value is -2.15. The van der Waals surface area contributed by atoms with Gasteiger partial charge in [0.2, 0.25) is 5.91 Å². The summed E-state index contributed by atoms with van der Waals surface area (Å²) >= 11 is 0. The van der Waals surface area contributed by atoms with Crippen LogP contribution in [0.2, 0.25) is 0 Å². The molecule has 0 bridgehead atoms. The van der Waals surface area contributed by atoms with E-state index in [9.17, 15) is 4.79 Å². The highest BCUT2D eigenvalue weighted by Gasteiger charge is 2.40. The third-order valence-electron chi connectivity index (χ3n) is 4.60. The first-order valence-electron chi connectivity index (χ1n) is 8.03. The smallest absolute Gasteiger partial charge is 0.224 e. The molecule has 7 nitrogen and oxygen atoms in total. The number of carbonyl (C=O) groups is 1. The van der Waals surface area contributed by atoms with E-state index in [2.05, 4.69) is 22.4 Å². The van der Waals surface area contributed by atoms with Crippen LogP contribution in [0.3, 0.4) is 0 Å². The van der Waals surface area contributed by atoms with Crippen molar-refractivity contribution in [2.45, 2.75) is 44.4 Å². The molecular weight excluding hydrogens is 292 g/mol. The molecule has 2 aromatic rings. The Balaban J connectivity index is 1.65. The van der Waals surface area contributed by atoms with Crippen LogP contribution in [0.1, 0.15) is 31.5 Å². The highest BCUT2D eigenvalue weighted by Crippen LogP contribution is 2.31. The summed E-state index contributed by atoms with van der Waals surface area (Å²) in [5.74, 6) is 0.174. The van der Waals surface area contributed by atoms with E-state index in [4.69, 9.17) is 0 Å². The van der Waals surface area contributed by atoms with E-state index in [0.29, 0.717) is 12.5 Å². The number of aryl methyl sites for hydroxylation is 2. The SMILES string of the molecule is C[C@@H](CCn1cccn1)N[C@@H]1CC(=O)N(C)[C@H]1c1ccnn1C. The van der Waals surface area contributed by atoms with Gasteiger partial charge in [0.1, 0.15) is 0 Å².